The van der Waals surface area contributed by atoms with Crippen LogP contribution in [0.5, 0.6) is 0 Å². The van der Waals surface area contributed by atoms with Gasteiger partial charge in [0.05, 0.1) is 12.0 Å². The fourth-order valence-electron chi connectivity index (χ4n) is 2.81. The first kappa shape index (κ1) is 13.6. The minimum atomic E-state index is 0.342. The number of anilines is 1. The minimum absolute atomic E-state index is 0.342. The van der Waals surface area contributed by atoms with Gasteiger partial charge >= 0.3 is 0 Å². The molecule has 1 aliphatic heterocycles. The Morgan fingerprint density at radius 2 is 2.32 bits per heavy atom. The molecule has 1 aromatic carbocycles. The lowest BCUT2D eigenvalue weighted by molar-refractivity contribution is 0.456. The number of benzene rings is 1. The molecule has 0 aliphatic carbocycles. The van der Waals surface area contributed by atoms with Gasteiger partial charge in [0.2, 0.25) is 0 Å². The molecule has 1 N–H and O–H groups in total. The second kappa shape index (κ2) is 5.30. The van der Waals surface area contributed by atoms with Crippen LogP contribution in [0.15, 0.2) is 35.3 Å². The zero-order valence-electron chi connectivity index (χ0n) is 12.2. The highest BCUT2D eigenvalue weighted by Crippen LogP contribution is 2.31. The number of fused-ring (bicyclic) bond motifs is 1. The van der Waals surface area contributed by atoms with E-state index in [1.807, 2.05) is 22.9 Å². The van der Waals surface area contributed by atoms with Gasteiger partial charge in [-0.3, -0.25) is 0 Å². The van der Waals surface area contributed by atoms with Crippen LogP contribution in [0.2, 0.25) is 5.02 Å². The summed E-state index contributed by atoms with van der Waals surface area (Å²) < 4.78 is 7.95. The van der Waals surface area contributed by atoms with Crippen LogP contribution >= 0.6 is 11.6 Å². The van der Waals surface area contributed by atoms with Crippen molar-refractivity contribution < 1.29 is 4.42 Å². The number of imidazole rings is 1. The largest absolute Gasteiger partial charge is 0.421 e. The van der Waals surface area contributed by atoms with E-state index < -0.39 is 0 Å². The highest BCUT2D eigenvalue weighted by Gasteiger charge is 2.24. The average Bonchev–Trinajstić information content (AvgIpc) is 3.15. The van der Waals surface area contributed by atoms with Crippen molar-refractivity contribution in [2.45, 2.75) is 13.0 Å². The number of nitrogens with zero attached hydrogens (tertiary/aromatic N) is 4. The van der Waals surface area contributed by atoms with Gasteiger partial charge in [-0.25, -0.2) is 4.98 Å². The van der Waals surface area contributed by atoms with Gasteiger partial charge < -0.3 is 19.2 Å². The molecule has 1 unspecified atom stereocenters. The first-order valence-electron chi connectivity index (χ1n) is 7.28. The molecular weight excluding hydrogens is 302 g/mol. The van der Waals surface area contributed by atoms with E-state index in [1.54, 1.807) is 12.5 Å². The third kappa shape index (κ3) is 2.24. The molecule has 0 saturated carbocycles. The summed E-state index contributed by atoms with van der Waals surface area (Å²) in [6.07, 6.45) is 5.31. The maximum Gasteiger partial charge on any atom is 0.298 e. The van der Waals surface area contributed by atoms with Crippen LogP contribution in [-0.2, 0) is 0 Å². The van der Waals surface area contributed by atoms with Gasteiger partial charge in [-0.15, -0.1) is 0 Å². The van der Waals surface area contributed by atoms with E-state index in [1.165, 1.54) is 0 Å². The van der Waals surface area contributed by atoms with E-state index in [0.717, 1.165) is 36.4 Å². The number of hydrogen-bond donors (Lipinski definition) is 1. The lowest BCUT2D eigenvalue weighted by atomic mass is 10.2. The third-order valence-corrected chi connectivity index (χ3v) is 4.17. The third-order valence-electron chi connectivity index (χ3n) is 3.95. The number of aromatic nitrogens is 3. The summed E-state index contributed by atoms with van der Waals surface area (Å²) in [5.74, 6) is 0. The van der Waals surface area contributed by atoms with Crippen LogP contribution in [0.4, 0.5) is 6.01 Å². The maximum absolute atomic E-state index is 6.23. The van der Waals surface area contributed by atoms with Gasteiger partial charge in [-0.1, -0.05) is 11.6 Å². The first-order chi connectivity index (χ1) is 10.7. The molecule has 2 aromatic heterocycles. The Morgan fingerprint density at radius 1 is 1.41 bits per heavy atom. The summed E-state index contributed by atoms with van der Waals surface area (Å²) >= 11 is 6.23. The zero-order chi connectivity index (χ0) is 15.1. The fourth-order valence-corrected chi connectivity index (χ4v) is 3.02. The number of hydrogen-bond acceptors (Lipinski definition) is 5. The van der Waals surface area contributed by atoms with Crippen LogP contribution in [0.3, 0.4) is 0 Å². The van der Waals surface area contributed by atoms with Crippen LogP contribution in [-0.4, -0.2) is 40.2 Å². The van der Waals surface area contributed by atoms with Crippen molar-refractivity contribution in [2.24, 2.45) is 0 Å². The Balaban J connectivity index is 1.85. The van der Waals surface area contributed by atoms with E-state index in [2.05, 4.69) is 27.1 Å². The van der Waals surface area contributed by atoms with Gasteiger partial charge in [-0.05, 0) is 19.1 Å². The quantitative estimate of drug-likeness (QED) is 0.787. The van der Waals surface area contributed by atoms with Gasteiger partial charge in [0.25, 0.3) is 6.01 Å². The molecule has 3 heterocycles. The molecule has 0 radical (unpaired) electrons. The van der Waals surface area contributed by atoms with Crippen molar-refractivity contribution in [3.8, 4) is 5.69 Å². The normalized spacial score (nSPS) is 19.0. The number of piperazine rings is 1. The van der Waals surface area contributed by atoms with Gasteiger partial charge in [-0.2, -0.15) is 4.98 Å². The second-order valence-corrected chi connectivity index (χ2v) is 5.92. The predicted molar refractivity (Wildman–Crippen MR) is 85.8 cm³/mol. The van der Waals surface area contributed by atoms with Gasteiger partial charge in [0.15, 0.2) is 5.58 Å². The minimum Gasteiger partial charge on any atom is -0.421 e. The maximum atomic E-state index is 6.23. The van der Waals surface area contributed by atoms with E-state index >= 15 is 0 Å². The summed E-state index contributed by atoms with van der Waals surface area (Å²) in [5.41, 5.74) is 2.33. The summed E-state index contributed by atoms with van der Waals surface area (Å²) in [6.45, 7) is 4.89. The lowest BCUT2D eigenvalue weighted by Gasteiger charge is -2.32. The van der Waals surface area contributed by atoms with Crippen molar-refractivity contribution in [1.82, 2.24) is 19.9 Å². The van der Waals surface area contributed by atoms with Crippen LogP contribution < -0.4 is 10.2 Å². The second-order valence-electron chi connectivity index (χ2n) is 5.49. The summed E-state index contributed by atoms with van der Waals surface area (Å²) in [6, 6.07) is 4.68. The van der Waals surface area contributed by atoms with Crippen molar-refractivity contribution in [3.05, 3.63) is 35.9 Å². The molecule has 3 aromatic rings. The summed E-state index contributed by atoms with van der Waals surface area (Å²) in [4.78, 5) is 10.9. The summed E-state index contributed by atoms with van der Waals surface area (Å²) in [7, 11) is 0. The predicted octanol–water partition coefficient (Wildman–Crippen LogP) is 2.46. The fraction of sp³-hybridized carbons (Fsp3) is 0.333. The molecule has 4 rings (SSSR count). The molecule has 7 heteroatoms. The molecule has 1 atom stereocenters. The molecule has 1 fully saturated rings. The number of nitrogens with one attached hydrogen (secondary N) is 1. The first-order valence-corrected chi connectivity index (χ1v) is 7.66. The molecule has 114 valence electrons. The monoisotopic (exact) mass is 317 g/mol. The molecule has 22 heavy (non-hydrogen) atoms. The van der Waals surface area contributed by atoms with E-state index in [-0.39, 0.29) is 0 Å². The lowest BCUT2D eigenvalue weighted by Crippen LogP contribution is -2.50. The number of rotatable bonds is 2. The molecule has 1 saturated heterocycles. The standard InChI is InChI=1S/C15H16ClN5O/c1-10-8-17-3-5-21(10)15-19-12-6-11(16)7-13(14(12)22-15)20-4-2-18-9-20/h2,4,6-7,9-10,17H,3,5,8H2,1H3. The number of halogens is 1. The van der Waals surface area contributed by atoms with E-state index in [0.29, 0.717) is 17.1 Å². The SMILES string of the molecule is CC1CNCCN1c1nc2cc(Cl)cc(-n3ccnc3)c2o1. The highest BCUT2D eigenvalue weighted by atomic mass is 35.5. The molecular formula is C15H16ClN5O. The van der Waals surface area contributed by atoms with E-state index in [4.69, 9.17) is 16.0 Å². The Hall–Kier alpha value is -2.05. The smallest absolute Gasteiger partial charge is 0.298 e. The topological polar surface area (TPSA) is 59.1 Å². The Morgan fingerprint density at radius 3 is 3.09 bits per heavy atom. The van der Waals surface area contributed by atoms with Crippen LogP contribution in [0.25, 0.3) is 16.8 Å². The highest BCUT2D eigenvalue weighted by molar-refractivity contribution is 6.31. The van der Waals surface area contributed by atoms with Gasteiger partial charge in [0.1, 0.15) is 5.52 Å². The Labute approximate surface area is 132 Å². The van der Waals surface area contributed by atoms with Crippen molar-refractivity contribution in [1.29, 1.82) is 0 Å². The van der Waals surface area contributed by atoms with Crippen LogP contribution in [0, 0.1) is 0 Å². The zero-order valence-corrected chi connectivity index (χ0v) is 12.9. The Kier molecular flexibility index (Phi) is 3.28. The van der Waals surface area contributed by atoms with Crippen molar-refractivity contribution in [3.63, 3.8) is 0 Å². The molecule has 0 spiro atoms. The van der Waals surface area contributed by atoms with Crippen LogP contribution in [0.1, 0.15) is 6.92 Å². The molecule has 0 bridgehead atoms. The Bertz CT molecular complexity index is 798. The van der Waals surface area contributed by atoms with E-state index in [9.17, 15) is 0 Å². The summed E-state index contributed by atoms with van der Waals surface area (Å²) in [5, 5.41) is 4.00. The number of oxazole rings is 1. The molecule has 6 nitrogen and oxygen atoms in total. The van der Waals surface area contributed by atoms with Gasteiger partial charge in [0, 0.05) is 43.1 Å². The molecule has 1 aliphatic rings. The van der Waals surface area contributed by atoms with Crippen molar-refractivity contribution in [2.75, 3.05) is 24.5 Å². The van der Waals surface area contributed by atoms with Crippen molar-refractivity contribution >= 4 is 28.7 Å². The molecule has 0 amide bonds. The average molecular weight is 318 g/mol.